The Balaban J connectivity index is 1.76. The standard InChI is InChI=1S/C20H22ClN3O3/c1-13(2)18(25)24-17-9-5-15(6-10-17)20(27)23-12-11-22-19(26)14-3-7-16(21)8-4-14/h3-10,13H,11-12H2,1-2H3,(H,22,26)(H,23,27)(H,24,25). The molecule has 0 atom stereocenters. The number of hydrogen-bond acceptors (Lipinski definition) is 3. The van der Waals surface area contributed by atoms with Crippen LogP contribution in [0.25, 0.3) is 0 Å². The molecule has 0 aromatic heterocycles. The first-order valence-electron chi connectivity index (χ1n) is 8.59. The molecule has 0 bridgehead atoms. The highest BCUT2D eigenvalue weighted by molar-refractivity contribution is 6.30. The van der Waals surface area contributed by atoms with Crippen LogP contribution in [0.3, 0.4) is 0 Å². The van der Waals surface area contributed by atoms with Crippen LogP contribution in [0.5, 0.6) is 0 Å². The van der Waals surface area contributed by atoms with E-state index in [2.05, 4.69) is 16.0 Å². The average Bonchev–Trinajstić information content (AvgIpc) is 2.66. The number of carbonyl (C=O) groups excluding carboxylic acids is 3. The zero-order chi connectivity index (χ0) is 19.8. The Morgan fingerprint density at radius 3 is 1.70 bits per heavy atom. The fraction of sp³-hybridized carbons (Fsp3) is 0.250. The van der Waals surface area contributed by atoms with E-state index in [9.17, 15) is 14.4 Å². The van der Waals surface area contributed by atoms with Gasteiger partial charge in [-0.25, -0.2) is 0 Å². The van der Waals surface area contributed by atoms with E-state index >= 15 is 0 Å². The van der Waals surface area contributed by atoms with Crippen LogP contribution in [0.1, 0.15) is 34.6 Å². The van der Waals surface area contributed by atoms with Gasteiger partial charge in [0.25, 0.3) is 11.8 Å². The highest BCUT2D eigenvalue weighted by Crippen LogP contribution is 2.11. The summed E-state index contributed by atoms with van der Waals surface area (Å²) >= 11 is 5.78. The van der Waals surface area contributed by atoms with Gasteiger partial charge in [0.15, 0.2) is 0 Å². The molecule has 2 aromatic carbocycles. The third kappa shape index (κ3) is 6.42. The van der Waals surface area contributed by atoms with Crippen molar-refractivity contribution in [1.29, 1.82) is 0 Å². The maximum atomic E-state index is 12.1. The number of hydrogen-bond donors (Lipinski definition) is 3. The molecule has 0 radical (unpaired) electrons. The molecule has 0 aliphatic heterocycles. The molecule has 142 valence electrons. The number of benzene rings is 2. The van der Waals surface area contributed by atoms with Gasteiger partial charge in [0.2, 0.25) is 5.91 Å². The minimum Gasteiger partial charge on any atom is -0.350 e. The second-order valence-electron chi connectivity index (χ2n) is 6.24. The van der Waals surface area contributed by atoms with Crippen molar-refractivity contribution in [3.8, 4) is 0 Å². The maximum Gasteiger partial charge on any atom is 0.251 e. The second-order valence-corrected chi connectivity index (χ2v) is 6.68. The van der Waals surface area contributed by atoms with Crippen molar-refractivity contribution in [1.82, 2.24) is 10.6 Å². The topological polar surface area (TPSA) is 87.3 Å². The summed E-state index contributed by atoms with van der Waals surface area (Å²) in [4.78, 5) is 35.7. The molecule has 3 N–H and O–H groups in total. The zero-order valence-electron chi connectivity index (χ0n) is 15.2. The first kappa shape index (κ1) is 20.5. The van der Waals surface area contributed by atoms with Crippen molar-refractivity contribution in [2.75, 3.05) is 18.4 Å². The lowest BCUT2D eigenvalue weighted by molar-refractivity contribution is -0.118. The van der Waals surface area contributed by atoms with Gasteiger partial charge in [-0.3, -0.25) is 14.4 Å². The summed E-state index contributed by atoms with van der Waals surface area (Å²) in [5.74, 6) is -0.677. The van der Waals surface area contributed by atoms with Crippen LogP contribution in [-0.4, -0.2) is 30.8 Å². The van der Waals surface area contributed by atoms with Gasteiger partial charge in [-0.2, -0.15) is 0 Å². The van der Waals surface area contributed by atoms with Crippen molar-refractivity contribution < 1.29 is 14.4 Å². The molecule has 0 spiro atoms. The smallest absolute Gasteiger partial charge is 0.251 e. The molecule has 27 heavy (non-hydrogen) atoms. The van der Waals surface area contributed by atoms with Crippen molar-refractivity contribution in [3.05, 3.63) is 64.7 Å². The summed E-state index contributed by atoms with van der Waals surface area (Å²) in [5.41, 5.74) is 1.62. The van der Waals surface area contributed by atoms with E-state index in [1.807, 2.05) is 13.8 Å². The zero-order valence-corrected chi connectivity index (χ0v) is 16.0. The molecular formula is C20H22ClN3O3. The number of anilines is 1. The lowest BCUT2D eigenvalue weighted by Gasteiger charge is -2.09. The van der Waals surface area contributed by atoms with E-state index in [0.29, 0.717) is 34.9 Å². The molecule has 0 unspecified atom stereocenters. The highest BCUT2D eigenvalue weighted by atomic mass is 35.5. The predicted molar refractivity (Wildman–Crippen MR) is 106 cm³/mol. The molecule has 0 heterocycles. The highest BCUT2D eigenvalue weighted by Gasteiger charge is 2.09. The lowest BCUT2D eigenvalue weighted by atomic mass is 10.1. The van der Waals surface area contributed by atoms with Gasteiger partial charge in [-0.15, -0.1) is 0 Å². The fourth-order valence-electron chi connectivity index (χ4n) is 2.15. The van der Waals surface area contributed by atoms with E-state index in [4.69, 9.17) is 11.6 Å². The quantitative estimate of drug-likeness (QED) is 0.638. The Morgan fingerprint density at radius 1 is 0.815 bits per heavy atom. The van der Waals surface area contributed by atoms with Gasteiger partial charge in [0, 0.05) is 40.8 Å². The third-order valence-electron chi connectivity index (χ3n) is 3.74. The van der Waals surface area contributed by atoms with Crippen LogP contribution in [-0.2, 0) is 4.79 Å². The Hall–Kier alpha value is -2.86. The molecule has 0 saturated heterocycles. The van der Waals surface area contributed by atoms with Gasteiger partial charge in [0.1, 0.15) is 0 Å². The normalized spacial score (nSPS) is 10.4. The van der Waals surface area contributed by atoms with Crippen molar-refractivity contribution in [3.63, 3.8) is 0 Å². The van der Waals surface area contributed by atoms with Gasteiger partial charge in [-0.05, 0) is 48.5 Å². The van der Waals surface area contributed by atoms with Crippen LogP contribution in [0.2, 0.25) is 5.02 Å². The van der Waals surface area contributed by atoms with Gasteiger partial charge in [-0.1, -0.05) is 25.4 Å². The average molecular weight is 388 g/mol. The minimum atomic E-state index is -0.252. The molecule has 0 aliphatic rings. The molecule has 6 nitrogen and oxygen atoms in total. The maximum absolute atomic E-state index is 12.1. The number of nitrogens with one attached hydrogen (secondary N) is 3. The Bertz CT molecular complexity index is 802. The molecule has 2 rings (SSSR count). The van der Waals surface area contributed by atoms with Crippen LogP contribution in [0.15, 0.2) is 48.5 Å². The number of rotatable bonds is 7. The Morgan fingerprint density at radius 2 is 1.26 bits per heavy atom. The monoisotopic (exact) mass is 387 g/mol. The summed E-state index contributed by atoms with van der Waals surface area (Å²) < 4.78 is 0. The lowest BCUT2D eigenvalue weighted by Crippen LogP contribution is -2.34. The number of halogens is 1. The van der Waals surface area contributed by atoms with E-state index in [1.54, 1.807) is 48.5 Å². The van der Waals surface area contributed by atoms with E-state index in [-0.39, 0.29) is 23.6 Å². The molecule has 0 saturated carbocycles. The summed E-state index contributed by atoms with van der Waals surface area (Å²) in [6.07, 6.45) is 0. The molecule has 7 heteroatoms. The van der Waals surface area contributed by atoms with Crippen LogP contribution < -0.4 is 16.0 Å². The number of carbonyl (C=O) groups is 3. The van der Waals surface area contributed by atoms with E-state index in [0.717, 1.165) is 0 Å². The molecular weight excluding hydrogens is 366 g/mol. The third-order valence-corrected chi connectivity index (χ3v) is 3.99. The van der Waals surface area contributed by atoms with Crippen LogP contribution in [0.4, 0.5) is 5.69 Å². The first-order chi connectivity index (χ1) is 12.9. The summed E-state index contributed by atoms with van der Waals surface area (Å²) in [7, 11) is 0. The van der Waals surface area contributed by atoms with Crippen LogP contribution >= 0.6 is 11.6 Å². The van der Waals surface area contributed by atoms with Gasteiger partial charge in [0.05, 0.1) is 0 Å². The molecule has 0 fully saturated rings. The summed E-state index contributed by atoms with van der Waals surface area (Å²) in [6.45, 7) is 4.21. The molecule has 3 amide bonds. The van der Waals surface area contributed by atoms with Crippen molar-refractivity contribution >= 4 is 35.0 Å². The largest absolute Gasteiger partial charge is 0.350 e. The minimum absolute atomic E-state index is 0.0800. The second kappa shape index (κ2) is 9.73. The number of amides is 3. The predicted octanol–water partition coefficient (Wildman–Crippen LogP) is 3.09. The Labute approximate surface area is 163 Å². The Kier molecular flexibility index (Phi) is 7.37. The fourth-order valence-corrected chi connectivity index (χ4v) is 2.27. The first-order valence-corrected chi connectivity index (χ1v) is 8.97. The molecule has 2 aromatic rings. The van der Waals surface area contributed by atoms with Crippen LogP contribution in [0, 0.1) is 5.92 Å². The summed E-state index contributed by atoms with van der Waals surface area (Å²) in [6, 6.07) is 13.2. The van der Waals surface area contributed by atoms with Gasteiger partial charge < -0.3 is 16.0 Å². The summed E-state index contributed by atoms with van der Waals surface area (Å²) in [5, 5.41) is 8.78. The van der Waals surface area contributed by atoms with E-state index in [1.165, 1.54) is 0 Å². The van der Waals surface area contributed by atoms with E-state index < -0.39 is 0 Å². The van der Waals surface area contributed by atoms with Crippen molar-refractivity contribution in [2.24, 2.45) is 5.92 Å². The van der Waals surface area contributed by atoms with Gasteiger partial charge >= 0.3 is 0 Å². The molecule has 0 aliphatic carbocycles. The van der Waals surface area contributed by atoms with Crippen molar-refractivity contribution in [2.45, 2.75) is 13.8 Å². The SMILES string of the molecule is CC(C)C(=O)Nc1ccc(C(=O)NCCNC(=O)c2ccc(Cl)cc2)cc1.